The molecule has 0 aliphatic heterocycles. The molecule has 1 nitrogen and oxygen atoms in total. The fourth-order valence-electron chi connectivity index (χ4n) is 1.92. The smallest absolute Gasteiger partial charge is 0 e. The summed E-state index contributed by atoms with van der Waals surface area (Å²) in [6.07, 6.45) is -0.495. The van der Waals surface area contributed by atoms with E-state index in [4.69, 9.17) is 0 Å². The second kappa shape index (κ2) is 8.55. The SMILES string of the molecule is Cc1cccc(C(O)[c-]2[cH-][cH-][cH-][cH-]2)c1.[Fe].c1cc[cH-]c1. The van der Waals surface area contributed by atoms with E-state index in [2.05, 4.69) is 0 Å². The van der Waals surface area contributed by atoms with Crippen LogP contribution in [-0.2, 0) is 17.1 Å². The quantitative estimate of drug-likeness (QED) is 0.556. The summed E-state index contributed by atoms with van der Waals surface area (Å²) in [6.45, 7) is 2.03. The summed E-state index contributed by atoms with van der Waals surface area (Å²) in [4.78, 5) is 0. The molecule has 3 aromatic rings. The van der Waals surface area contributed by atoms with Crippen molar-refractivity contribution >= 4 is 0 Å². The van der Waals surface area contributed by atoms with E-state index in [0.29, 0.717) is 0 Å². The molecule has 2 heteroatoms. The van der Waals surface area contributed by atoms with Gasteiger partial charge < -0.3 is 34.9 Å². The van der Waals surface area contributed by atoms with Crippen molar-refractivity contribution in [3.63, 3.8) is 0 Å². The number of hydrogen-bond donors (Lipinski definition) is 1. The van der Waals surface area contributed by atoms with Crippen molar-refractivity contribution in [3.05, 3.63) is 95.6 Å². The van der Waals surface area contributed by atoms with Crippen LogP contribution in [0.1, 0.15) is 22.8 Å². The van der Waals surface area contributed by atoms with Crippen molar-refractivity contribution in [2.75, 3.05) is 0 Å². The molecule has 0 radical (unpaired) electrons. The molecule has 0 heterocycles. The van der Waals surface area contributed by atoms with E-state index < -0.39 is 6.10 Å². The van der Waals surface area contributed by atoms with Gasteiger partial charge in [-0.25, -0.2) is 12.1 Å². The minimum absolute atomic E-state index is 0. The molecule has 0 aliphatic rings. The maximum atomic E-state index is 10.0. The van der Waals surface area contributed by atoms with E-state index in [0.717, 1.165) is 11.1 Å². The molecule has 20 heavy (non-hydrogen) atoms. The summed E-state index contributed by atoms with van der Waals surface area (Å²) in [5, 5.41) is 10.0. The van der Waals surface area contributed by atoms with Crippen LogP contribution in [0.4, 0.5) is 0 Å². The molecule has 0 saturated carbocycles. The Bertz CT molecular complexity index is 550. The largest absolute Gasteiger partial charge is 0.747 e. The van der Waals surface area contributed by atoms with Crippen LogP contribution >= 0.6 is 0 Å². The minimum Gasteiger partial charge on any atom is -0.747 e. The average Bonchev–Trinajstić information content (AvgIpc) is 3.13. The van der Waals surface area contributed by atoms with Crippen LogP contribution in [-0.4, -0.2) is 5.11 Å². The number of aryl methyl sites for hydroxylation is 1. The van der Waals surface area contributed by atoms with Crippen molar-refractivity contribution in [1.82, 2.24) is 0 Å². The molecule has 1 N–H and O–H groups in total. The molecule has 0 bridgehead atoms. The van der Waals surface area contributed by atoms with Crippen LogP contribution in [0.25, 0.3) is 0 Å². The van der Waals surface area contributed by atoms with Crippen molar-refractivity contribution in [3.8, 4) is 0 Å². The van der Waals surface area contributed by atoms with Crippen LogP contribution in [0.3, 0.4) is 0 Å². The number of benzene rings is 1. The monoisotopic (exact) mass is 306 g/mol. The molecule has 3 aromatic carbocycles. The topological polar surface area (TPSA) is 20.2 Å². The Morgan fingerprint density at radius 3 is 2.20 bits per heavy atom. The fraction of sp³-hybridized carbons (Fsp3) is 0.111. The van der Waals surface area contributed by atoms with E-state index in [-0.39, 0.29) is 17.1 Å². The zero-order valence-electron chi connectivity index (χ0n) is 11.4. The summed E-state index contributed by atoms with van der Waals surface area (Å²) >= 11 is 0. The second-order valence-electron chi connectivity index (χ2n) is 4.50. The molecule has 3 rings (SSSR count). The zero-order valence-corrected chi connectivity index (χ0v) is 12.5. The Hall–Kier alpha value is -1.60. The van der Waals surface area contributed by atoms with Crippen LogP contribution in [0.15, 0.2) is 78.9 Å². The van der Waals surface area contributed by atoms with Gasteiger partial charge in [0, 0.05) is 17.1 Å². The molecule has 1 unspecified atom stereocenters. The summed E-state index contributed by atoms with van der Waals surface area (Å²) in [5.74, 6) is 0. The first-order valence-electron chi connectivity index (χ1n) is 6.40. The second-order valence-corrected chi connectivity index (χ2v) is 4.50. The molecular weight excluding hydrogens is 288 g/mol. The fourth-order valence-corrected chi connectivity index (χ4v) is 1.92. The van der Waals surface area contributed by atoms with Gasteiger partial charge in [0.05, 0.1) is 0 Å². The van der Waals surface area contributed by atoms with Crippen molar-refractivity contribution in [2.45, 2.75) is 13.0 Å². The maximum absolute atomic E-state index is 10.0. The molecule has 110 valence electrons. The van der Waals surface area contributed by atoms with Gasteiger partial charge >= 0.3 is 0 Å². The number of rotatable bonds is 2. The Morgan fingerprint density at radius 1 is 1.05 bits per heavy atom. The molecule has 0 fully saturated rings. The van der Waals surface area contributed by atoms with Crippen molar-refractivity contribution < 1.29 is 22.2 Å². The molecule has 0 saturated heterocycles. The van der Waals surface area contributed by atoms with E-state index >= 15 is 0 Å². The van der Waals surface area contributed by atoms with Gasteiger partial charge in [-0.1, -0.05) is 41.5 Å². The van der Waals surface area contributed by atoms with E-state index in [1.807, 2.05) is 85.8 Å². The van der Waals surface area contributed by atoms with Gasteiger partial charge in [0.1, 0.15) is 0 Å². The number of aliphatic hydroxyl groups excluding tert-OH is 1. The van der Waals surface area contributed by atoms with Gasteiger partial charge in [0.2, 0.25) is 0 Å². The summed E-state index contributed by atoms with van der Waals surface area (Å²) in [7, 11) is 0. The molecule has 1 atom stereocenters. The van der Waals surface area contributed by atoms with E-state index in [1.165, 1.54) is 5.56 Å². The Labute approximate surface area is 131 Å². The molecule has 0 spiro atoms. The standard InChI is InChI=1S/C13H13O.C5H5.Fe/c1-10-5-4-8-12(9-10)13(14)11-6-2-3-7-11;1-2-4-5-3-1;/h2-9,13-14H,1H3;1-5H;/q-5;-1;. The first-order chi connectivity index (χ1) is 9.27. The summed E-state index contributed by atoms with van der Waals surface area (Å²) in [5.41, 5.74) is 3.08. The van der Waals surface area contributed by atoms with Crippen LogP contribution in [0, 0.1) is 6.92 Å². The van der Waals surface area contributed by atoms with Gasteiger partial charge in [-0.05, 0) is 6.92 Å². The molecule has 0 aliphatic carbocycles. The first-order valence-corrected chi connectivity index (χ1v) is 6.40. The van der Waals surface area contributed by atoms with Gasteiger partial charge in [-0.2, -0.15) is 18.2 Å². The maximum Gasteiger partial charge on any atom is 0 e. The van der Waals surface area contributed by atoms with Gasteiger partial charge in [-0.3, -0.25) is 0 Å². The molecule has 0 amide bonds. The van der Waals surface area contributed by atoms with Gasteiger partial charge in [-0.15, -0.1) is 0 Å². The third-order valence-corrected chi connectivity index (χ3v) is 2.92. The van der Waals surface area contributed by atoms with Crippen LogP contribution in [0.2, 0.25) is 0 Å². The number of aliphatic hydroxyl groups is 1. The minimum atomic E-state index is -0.495. The van der Waals surface area contributed by atoms with E-state index in [1.54, 1.807) is 0 Å². The predicted octanol–water partition coefficient (Wildman–Crippen LogP) is 4.20. The Morgan fingerprint density at radius 2 is 1.70 bits per heavy atom. The summed E-state index contributed by atoms with van der Waals surface area (Å²) in [6, 6.07) is 25.7. The van der Waals surface area contributed by atoms with Gasteiger partial charge in [0.15, 0.2) is 0 Å². The third-order valence-electron chi connectivity index (χ3n) is 2.92. The Kier molecular flexibility index (Phi) is 7.03. The van der Waals surface area contributed by atoms with Crippen molar-refractivity contribution in [1.29, 1.82) is 0 Å². The van der Waals surface area contributed by atoms with Crippen LogP contribution < -0.4 is 0 Å². The Balaban J connectivity index is 0.000000283. The molecule has 0 aromatic heterocycles. The van der Waals surface area contributed by atoms with Gasteiger partial charge in [0.25, 0.3) is 0 Å². The normalized spacial score (nSPS) is 10.9. The van der Waals surface area contributed by atoms with Crippen molar-refractivity contribution in [2.24, 2.45) is 0 Å². The van der Waals surface area contributed by atoms with Crippen LogP contribution in [0.5, 0.6) is 0 Å². The number of hydrogen-bond acceptors (Lipinski definition) is 1. The average molecular weight is 306 g/mol. The summed E-state index contributed by atoms with van der Waals surface area (Å²) < 4.78 is 0. The molecular formula is C18H18FeO-6. The van der Waals surface area contributed by atoms with E-state index in [9.17, 15) is 5.11 Å². The zero-order chi connectivity index (χ0) is 13.5. The third kappa shape index (κ3) is 4.82. The predicted molar refractivity (Wildman–Crippen MR) is 79.3 cm³/mol. The first kappa shape index (κ1) is 16.5.